The van der Waals surface area contributed by atoms with Gasteiger partial charge in [0.05, 0.1) is 61.0 Å². The van der Waals surface area contributed by atoms with Gasteiger partial charge in [-0.2, -0.15) is 0 Å². The lowest BCUT2D eigenvalue weighted by Gasteiger charge is -2.29. The predicted octanol–water partition coefficient (Wildman–Crippen LogP) is 1.05. The molecule has 148 valence electrons. The van der Waals surface area contributed by atoms with Crippen LogP contribution in [0.5, 0.6) is 0 Å². The fraction of sp³-hybridized carbons (Fsp3) is 0.400. The minimum Gasteiger partial charge on any atom is -0.481 e. The third-order valence-electron chi connectivity index (χ3n) is 4.52. The van der Waals surface area contributed by atoms with Gasteiger partial charge in [0.25, 0.3) is 0 Å². The Kier molecular flexibility index (Phi) is 5.71. The number of aliphatic hydroxyl groups is 2. The van der Waals surface area contributed by atoms with Gasteiger partial charge in [-0.25, -0.2) is 4.99 Å². The van der Waals surface area contributed by atoms with Crippen molar-refractivity contribution in [3.05, 3.63) is 58.7 Å². The van der Waals surface area contributed by atoms with E-state index in [1.54, 1.807) is 44.3 Å². The molecule has 1 aliphatic rings. The van der Waals surface area contributed by atoms with Crippen molar-refractivity contribution in [3.63, 3.8) is 0 Å². The zero-order valence-electron chi connectivity index (χ0n) is 16.1. The van der Waals surface area contributed by atoms with E-state index in [1.807, 2.05) is 0 Å². The van der Waals surface area contributed by atoms with E-state index in [2.05, 4.69) is 20.3 Å². The van der Waals surface area contributed by atoms with Gasteiger partial charge in [0.15, 0.2) is 0 Å². The van der Waals surface area contributed by atoms with E-state index >= 15 is 0 Å². The molecule has 1 atom stereocenters. The van der Waals surface area contributed by atoms with E-state index < -0.39 is 11.6 Å². The van der Waals surface area contributed by atoms with Crippen LogP contribution in [-0.4, -0.2) is 44.7 Å². The summed E-state index contributed by atoms with van der Waals surface area (Å²) < 4.78 is 5.23. The van der Waals surface area contributed by atoms with Crippen LogP contribution in [0.4, 0.5) is 0 Å². The number of hydrogen-bond donors (Lipinski definition) is 3. The van der Waals surface area contributed by atoms with Crippen molar-refractivity contribution in [2.24, 2.45) is 4.99 Å². The van der Waals surface area contributed by atoms with Crippen LogP contribution in [0.15, 0.2) is 35.5 Å². The van der Waals surface area contributed by atoms with Crippen molar-refractivity contribution in [2.75, 3.05) is 7.11 Å². The number of aromatic nitrogens is 2. The third-order valence-corrected chi connectivity index (χ3v) is 4.52. The number of fused-ring (bicyclic) bond motifs is 1. The summed E-state index contributed by atoms with van der Waals surface area (Å²) in [5.41, 5.74) is 1.87. The first-order chi connectivity index (χ1) is 13.3. The number of carbonyl (C=O) groups is 1. The molecule has 0 unspecified atom stereocenters. The van der Waals surface area contributed by atoms with Gasteiger partial charge in [-0.15, -0.1) is 0 Å². The molecule has 2 aromatic heterocycles. The molecule has 3 heterocycles. The summed E-state index contributed by atoms with van der Waals surface area (Å²) >= 11 is 0. The third kappa shape index (κ3) is 4.18. The predicted molar refractivity (Wildman–Crippen MR) is 103 cm³/mol. The van der Waals surface area contributed by atoms with Crippen LogP contribution in [0.2, 0.25) is 0 Å². The topological polar surface area (TPSA) is 117 Å². The number of pyridine rings is 2. The Morgan fingerprint density at radius 2 is 2.18 bits per heavy atom. The first-order valence-corrected chi connectivity index (χ1v) is 8.97. The van der Waals surface area contributed by atoms with Gasteiger partial charge < -0.3 is 20.3 Å². The molecule has 0 radical (unpaired) electrons. The van der Waals surface area contributed by atoms with E-state index in [9.17, 15) is 15.0 Å². The largest absolute Gasteiger partial charge is 0.481 e. The average Bonchev–Trinajstić information content (AvgIpc) is 3.08. The molecule has 0 spiro atoms. The Morgan fingerprint density at radius 1 is 1.39 bits per heavy atom. The summed E-state index contributed by atoms with van der Waals surface area (Å²) in [6.07, 6.45) is 1.62. The fourth-order valence-electron chi connectivity index (χ4n) is 3.25. The number of methoxy groups -OCH3 is 1. The summed E-state index contributed by atoms with van der Waals surface area (Å²) in [5, 5.41) is 23.0. The summed E-state index contributed by atoms with van der Waals surface area (Å²) in [6, 6.07) is 6.45. The Balaban J connectivity index is 1.80. The van der Waals surface area contributed by atoms with Gasteiger partial charge >= 0.3 is 0 Å². The highest BCUT2D eigenvalue weighted by Gasteiger charge is 2.31. The maximum absolute atomic E-state index is 12.7. The van der Waals surface area contributed by atoms with E-state index in [0.29, 0.717) is 35.1 Å². The molecule has 2 aromatic rings. The van der Waals surface area contributed by atoms with Crippen molar-refractivity contribution < 1.29 is 19.7 Å². The molecular weight excluding hydrogens is 360 g/mol. The molecule has 8 heteroatoms. The molecule has 0 saturated heterocycles. The normalized spacial score (nSPS) is 14.2. The molecule has 3 N–H and O–H groups in total. The number of rotatable bonds is 6. The van der Waals surface area contributed by atoms with Crippen LogP contribution in [0.3, 0.4) is 0 Å². The van der Waals surface area contributed by atoms with E-state index in [1.165, 1.54) is 7.11 Å². The molecule has 8 nitrogen and oxygen atoms in total. The standard InChI is InChI=1S/C20H24N4O4/c1-20(2,27)18(14-6-4-5-7-21-14)24-16(26)9-13-8-12-10-22-19(28-3)17(12)15(11-25)23-13/h4-8,18,25,27H,9-11H2,1-3H3,(H,24,26)/t18-/m0/s1. The first-order valence-electron chi connectivity index (χ1n) is 8.97. The number of nitrogens with zero attached hydrogens (tertiary/aromatic N) is 3. The van der Waals surface area contributed by atoms with Crippen LogP contribution in [0.1, 0.15) is 48.1 Å². The smallest absolute Gasteiger partial charge is 0.226 e. The highest BCUT2D eigenvalue weighted by atomic mass is 16.5. The zero-order valence-corrected chi connectivity index (χ0v) is 16.1. The quantitative estimate of drug-likeness (QED) is 0.685. The summed E-state index contributed by atoms with van der Waals surface area (Å²) in [4.78, 5) is 25.6. The minimum absolute atomic E-state index is 0.00199. The molecule has 0 aromatic carbocycles. The number of amides is 1. The van der Waals surface area contributed by atoms with Gasteiger partial charge in [0, 0.05) is 6.20 Å². The van der Waals surface area contributed by atoms with Crippen molar-refractivity contribution in [1.82, 2.24) is 15.3 Å². The van der Waals surface area contributed by atoms with Crippen LogP contribution in [0.25, 0.3) is 0 Å². The maximum Gasteiger partial charge on any atom is 0.226 e. The molecule has 0 saturated carbocycles. The average molecular weight is 384 g/mol. The molecule has 0 aliphatic carbocycles. The van der Waals surface area contributed by atoms with Gasteiger partial charge in [0.1, 0.15) is 0 Å². The Hall–Kier alpha value is -2.84. The highest BCUT2D eigenvalue weighted by molar-refractivity contribution is 5.98. The van der Waals surface area contributed by atoms with Crippen molar-refractivity contribution in [3.8, 4) is 0 Å². The molecule has 3 rings (SSSR count). The van der Waals surface area contributed by atoms with Crippen LogP contribution < -0.4 is 5.32 Å². The monoisotopic (exact) mass is 384 g/mol. The second-order valence-electron chi connectivity index (χ2n) is 7.16. The van der Waals surface area contributed by atoms with Gasteiger partial charge in [-0.05, 0) is 37.6 Å². The molecule has 1 amide bonds. The Bertz CT molecular complexity index is 891. The second kappa shape index (κ2) is 8.04. The lowest BCUT2D eigenvalue weighted by atomic mass is 9.95. The van der Waals surface area contributed by atoms with Crippen molar-refractivity contribution in [2.45, 2.75) is 45.1 Å². The maximum atomic E-state index is 12.7. The van der Waals surface area contributed by atoms with Crippen LogP contribution in [0, 0.1) is 0 Å². The zero-order chi connectivity index (χ0) is 20.3. The summed E-state index contributed by atoms with van der Waals surface area (Å²) in [6.45, 7) is 3.38. The Labute approximate surface area is 163 Å². The lowest BCUT2D eigenvalue weighted by Crippen LogP contribution is -2.43. The molecule has 28 heavy (non-hydrogen) atoms. The minimum atomic E-state index is -1.20. The number of aliphatic hydroxyl groups excluding tert-OH is 1. The summed E-state index contributed by atoms with van der Waals surface area (Å²) in [7, 11) is 1.52. The van der Waals surface area contributed by atoms with E-state index in [0.717, 1.165) is 5.56 Å². The van der Waals surface area contributed by atoms with Crippen molar-refractivity contribution in [1.29, 1.82) is 0 Å². The number of hydrogen-bond acceptors (Lipinski definition) is 7. The van der Waals surface area contributed by atoms with Crippen LogP contribution >= 0.6 is 0 Å². The van der Waals surface area contributed by atoms with E-state index in [-0.39, 0.29) is 18.9 Å². The van der Waals surface area contributed by atoms with Gasteiger partial charge in [-0.1, -0.05) is 6.07 Å². The molecule has 1 aliphatic heterocycles. The molecular formula is C20H24N4O4. The van der Waals surface area contributed by atoms with Gasteiger partial charge in [0.2, 0.25) is 11.8 Å². The fourth-order valence-corrected chi connectivity index (χ4v) is 3.25. The number of ether oxygens (including phenoxy) is 1. The Morgan fingerprint density at radius 3 is 2.79 bits per heavy atom. The van der Waals surface area contributed by atoms with E-state index in [4.69, 9.17) is 4.74 Å². The summed E-state index contributed by atoms with van der Waals surface area (Å²) in [5.74, 6) is 0.139. The lowest BCUT2D eigenvalue weighted by molar-refractivity contribution is -0.123. The molecule has 0 fully saturated rings. The molecule has 0 bridgehead atoms. The second-order valence-corrected chi connectivity index (χ2v) is 7.16. The highest BCUT2D eigenvalue weighted by Crippen LogP contribution is 2.25. The van der Waals surface area contributed by atoms with Crippen molar-refractivity contribution >= 4 is 11.8 Å². The van der Waals surface area contributed by atoms with Crippen LogP contribution in [-0.2, 0) is 29.1 Å². The van der Waals surface area contributed by atoms with Gasteiger partial charge in [-0.3, -0.25) is 14.8 Å². The number of carbonyl (C=O) groups excluding carboxylic acids is 1. The number of nitrogens with one attached hydrogen (secondary N) is 1. The first kappa shape index (κ1) is 19.9. The SMILES string of the molecule is COC1=NCc2cc(CC(=O)N[C@@H](c3ccccn3)C(C)(C)O)nc(CO)c21. The number of aliphatic imine (C=N–C) groups is 1.